The second kappa shape index (κ2) is 6.83. The van der Waals surface area contributed by atoms with Crippen molar-refractivity contribution in [1.29, 1.82) is 0 Å². The summed E-state index contributed by atoms with van der Waals surface area (Å²) < 4.78 is 13.7. The highest BCUT2D eigenvalue weighted by atomic mass is 127. The van der Waals surface area contributed by atoms with Crippen LogP contribution < -0.4 is 5.32 Å². The van der Waals surface area contributed by atoms with Gasteiger partial charge in [0.1, 0.15) is 5.82 Å². The Kier molecular flexibility index (Phi) is 5.11. The molecule has 0 saturated heterocycles. The van der Waals surface area contributed by atoms with E-state index in [1.807, 2.05) is 53.8 Å². The second-order valence-electron chi connectivity index (χ2n) is 4.66. The summed E-state index contributed by atoms with van der Waals surface area (Å²) in [6.45, 7) is 2.03. The number of halogens is 2. The fourth-order valence-electron chi connectivity index (χ4n) is 1.82. The van der Waals surface area contributed by atoms with Gasteiger partial charge in [-0.2, -0.15) is 0 Å². The number of anilines is 1. The Morgan fingerprint density at radius 2 is 1.90 bits per heavy atom. The Hall–Kier alpha value is -1.43. The lowest BCUT2D eigenvalue weighted by Gasteiger charge is -2.07. The Morgan fingerprint density at radius 1 is 1.20 bits per heavy atom. The summed E-state index contributed by atoms with van der Waals surface area (Å²) in [7, 11) is 0. The van der Waals surface area contributed by atoms with Crippen LogP contribution in [0.15, 0.2) is 42.5 Å². The van der Waals surface area contributed by atoms with E-state index < -0.39 is 0 Å². The van der Waals surface area contributed by atoms with Crippen LogP contribution in [0, 0.1) is 16.3 Å². The van der Waals surface area contributed by atoms with Crippen molar-refractivity contribution in [3.63, 3.8) is 0 Å². The molecule has 0 saturated carbocycles. The number of carbonyl (C=O) groups excluding carboxylic acids is 1. The molecular weight excluding hydrogens is 368 g/mol. The molecule has 4 heteroatoms. The van der Waals surface area contributed by atoms with E-state index >= 15 is 0 Å². The van der Waals surface area contributed by atoms with Gasteiger partial charge >= 0.3 is 0 Å². The number of hydrogen-bond donors (Lipinski definition) is 1. The minimum Gasteiger partial charge on any atom is -0.325 e. The van der Waals surface area contributed by atoms with E-state index in [-0.39, 0.29) is 11.7 Å². The van der Waals surface area contributed by atoms with Gasteiger partial charge in [-0.15, -0.1) is 0 Å². The van der Waals surface area contributed by atoms with Crippen LogP contribution >= 0.6 is 22.6 Å². The highest BCUT2D eigenvalue weighted by Gasteiger charge is 2.06. The molecule has 0 aromatic heterocycles. The van der Waals surface area contributed by atoms with Gasteiger partial charge in [0.25, 0.3) is 0 Å². The van der Waals surface area contributed by atoms with E-state index in [1.165, 1.54) is 17.7 Å². The SMILES string of the molecule is Cc1ccc(CCC(=O)Nc2ccc(F)cc2I)cc1. The topological polar surface area (TPSA) is 29.1 Å². The number of hydrogen-bond acceptors (Lipinski definition) is 1. The first-order valence-corrected chi connectivity index (χ1v) is 7.43. The van der Waals surface area contributed by atoms with E-state index in [4.69, 9.17) is 0 Å². The molecule has 0 aliphatic heterocycles. The third-order valence-electron chi connectivity index (χ3n) is 2.97. The van der Waals surface area contributed by atoms with Crippen molar-refractivity contribution in [1.82, 2.24) is 0 Å². The van der Waals surface area contributed by atoms with E-state index in [2.05, 4.69) is 5.32 Å². The summed E-state index contributed by atoms with van der Waals surface area (Å²) >= 11 is 2.01. The van der Waals surface area contributed by atoms with Crippen molar-refractivity contribution in [3.8, 4) is 0 Å². The zero-order valence-corrected chi connectivity index (χ0v) is 13.3. The molecule has 0 spiro atoms. The first-order valence-electron chi connectivity index (χ1n) is 6.35. The van der Waals surface area contributed by atoms with Crippen LogP contribution in [0.1, 0.15) is 17.5 Å². The highest BCUT2D eigenvalue weighted by Crippen LogP contribution is 2.19. The molecular formula is C16H15FINO. The van der Waals surface area contributed by atoms with Gasteiger partial charge in [0.15, 0.2) is 0 Å². The minimum atomic E-state index is -0.299. The van der Waals surface area contributed by atoms with E-state index in [0.29, 0.717) is 22.1 Å². The summed E-state index contributed by atoms with van der Waals surface area (Å²) in [5, 5.41) is 2.81. The average molecular weight is 383 g/mol. The van der Waals surface area contributed by atoms with Crippen LogP contribution in [0.3, 0.4) is 0 Å². The molecule has 1 N–H and O–H groups in total. The van der Waals surface area contributed by atoms with Gasteiger partial charge in [0.05, 0.1) is 5.69 Å². The molecule has 0 unspecified atom stereocenters. The average Bonchev–Trinajstić information content (AvgIpc) is 2.41. The van der Waals surface area contributed by atoms with Crippen LogP contribution in [0.4, 0.5) is 10.1 Å². The maximum absolute atomic E-state index is 13.0. The summed E-state index contributed by atoms with van der Waals surface area (Å²) in [6, 6.07) is 12.5. The third-order valence-corrected chi connectivity index (χ3v) is 3.86. The number of nitrogens with one attached hydrogen (secondary N) is 1. The van der Waals surface area contributed by atoms with Crippen molar-refractivity contribution < 1.29 is 9.18 Å². The minimum absolute atomic E-state index is 0.0601. The summed E-state index contributed by atoms with van der Waals surface area (Å²) in [6.07, 6.45) is 1.11. The van der Waals surface area contributed by atoms with E-state index in [0.717, 1.165) is 5.56 Å². The summed E-state index contributed by atoms with van der Waals surface area (Å²) in [5.74, 6) is -0.359. The van der Waals surface area contributed by atoms with Gasteiger partial charge in [-0.3, -0.25) is 4.79 Å². The molecule has 0 aliphatic rings. The fourth-order valence-corrected chi connectivity index (χ4v) is 2.43. The third kappa shape index (κ3) is 4.30. The number of rotatable bonds is 4. The van der Waals surface area contributed by atoms with Gasteiger partial charge in [0, 0.05) is 9.99 Å². The Bertz CT molecular complexity index is 610. The molecule has 2 rings (SSSR count). The van der Waals surface area contributed by atoms with Gasteiger partial charge in [-0.1, -0.05) is 29.8 Å². The predicted molar refractivity (Wildman–Crippen MR) is 87.2 cm³/mol. The van der Waals surface area contributed by atoms with Gasteiger partial charge in [0.2, 0.25) is 5.91 Å². The molecule has 0 heterocycles. The van der Waals surface area contributed by atoms with Crippen LogP contribution in [0.5, 0.6) is 0 Å². The number of benzene rings is 2. The summed E-state index contributed by atoms with van der Waals surface area (Å²) in [5.41, 5.74) is 3.00. The summed E-state index contributed by atoms with van der Waals surface area (Å²) in [4.78, 5) is 11.9. The molecule has 0 radical (unpaired) electrons. The zero-order chi connectivity index (χ0) is 14.5. The molecule has 0 atom stereocenters. The largest absolute Gasteiger partial charge is 0.325 e. The van der Waals surface area contributed by atoms with Crippen molar-refractivity contribution in [2.75, 3.05) is 5.32 Å². The smallest absolute Gasteiger partial charge is 0.224 e. The molecule has 2 aromatic carbocycles. The number of amides is 1. The highest BCUT2D eigenvalue weighted by molar-refractivity contribution is 14.1. The van der Waals surface area contributed by atoms with E-state index in [1.54, 1.807) is 6.07 Å². The molecule has 104 valence electrons. The number of aryl methyl sites for hydroxylation is 2. The lowest BCUT2D eigenvalue weighted by molar-refractivity contribution is -0.116. The first-order chi connectivity index (χ1) is 9.54. The lowest BCUT2D eigenvalue weighted by Crippen LogP contribution is -2.13. The maximum Gasteiger partial charge on any atom is 0.224 e. The molecule has 2 aromatic rings. The molecule has 0 fully saturated rings. The van der Waals surface area contributed by atoms with Crippen molar-refractivity contribution in [2.45, 2.75) is 19.8 Å². The molecule has 0 aliphatic carbocycles. The van der Waals surface area contributed by atoms with Crippen LogP contribution in [0.25, 0.3) is 0 Å². The van der Waals surface area contributed by atoms with Gasteiger partial charge in [-0.05, 0) is 59.7 Å². The van der Waals surface area contributed by atoms with Crippen molar-refractivity contribution >= 4 is 34.2 Å². The molecule has 20 heavy (non-hydrogen) atoms. The van der Waals surface area contributed by atoms with E-state index in [9.17, 15) is 9.18 Å². The Balaban J connectivity index is 1.90. The van der Waals surface area contributed by atoms with Gasteiger partial charge < -0.3 is 5.32 Å². The Morgan fingerprint density at radius 3 is 2.55 bits per heavy atom. The monoisotopic (exact) mass is 383 g/mol. The number of carbonyl (C=O) groups is 1. The molecule has 0 bridgehead atoms. The van der Waals surface area contributed by atoms with Crippen LogP contribution in [-0.4, -0.2) is 5.91 Å². The van der Waals surface area contributed by atoms with Crippen LogP contribution in [-0.2, 0) is 11.2 Å². The zero-order valence-electron chi connectivity index (χ0n) is 11.1. The second-order valence-corrected chi connectivity index (χ2v) is 5.82. The first kappa shape index (κ1) is 15.0. The standard InChI is InChI=1S/C16H15FINO/c1-11-2-4-12(5-3-11)6-9-16(20)19-15-8-7-13(17)10-14(15)18/h2-5,7-8,10H,6,9H2,1H3,(H,19,20). The lowest BCUT2D eigenvalue weighted by atomic mass is 10.1. The quantitative estimate of drug-likeness (QED) is 0.784. The van der Waals surface area contributed by atoms with Crippen LogP contribution in [0.2, 0.25) is 0 Å². The molecule has 2 nitrogen and oxygen atoms in total. The molecule has 1 amide bonds. The fraction of sp³-hybridized carbons (Fsp3) is 0.188. The predicted octanol–water partition coefficient (Wildman–Crippen LogP) is 4.31. The van der Waals surface area contributed by atoms with Crippen molar-refractivity contribution in [2.24, 2.45) is 0 Å². The van der Waals surface area contributed by atoms with Gasteiger partial charge in [-0.25, -0.2) is 4.39 Å². The normalized spacial score (nSPS) is 10.3. The van der Waals surface area contributed by atoms with Crippen molar-refractivity contribution in [3.05, 3.63) is 63.0 Å². The maximum atomic E-state index is 13.0. The Labute approximate surface area is 131 Å².